The lowest BCUT2D eigenvalue weighted by molar-refractivity contribution is 0.0977. The van der Waals surface area contributed by atoms with Gasteiger partial charge in [-0.2, -0.15) is 5.26 Å². The van der Waals surface area contributed by atoms with Gasteiger partial charge in [0.05, 0.1) is 11.6 Å². The van der Waals surface area contributed by atoms with Crippen molar-refractivity contribution in [3.8, 4) is 6.07 Å². The zero-order valence-electron chi connectivity index (χ0n) is 11.5. The van der Waals surface area contributed by atoms with E-state index in [-0.39, 0.29) is 5.78 Å². The number of nitrogens with zero attached hydrogens (tertiary/aromatic N) is 2. The lowest BCUT2D eigenvalue weighted by atomic mass is 10.1. The third-order valence-electron chi connectivity index (χ3n) is 3.61. The number of aromatic nitrogens is 1. The Morgan fingerprint density at radius 2 is 1.86 bits per heavy atom. The van der Waals surface area contributed by atoms with Crippen molar-refractivity contribution in [2.45, 2.75) is 13.0 Å². The van der Waals surface area contributed by atoms with Gasteiger partial charge in [0, 0.05) is 35.6 Å². The quantitative estimate of drug-likeness (QED) is 0.679. The lowest BCUT2D eigenvalue weighted by Crippen LogP contribution is -2.05. The molecule has 0 bridgehead atoms. The van der Waals surface area contributed by atoms with Crippen molar-refractivity contribution in [3.63, 3.8) is 0 Å². The first kappa shape index (κ1) is 13.1. The predicted molar refractivity (Wildman–Crippen MR) is 82.0 cm³/mol. The molecule has 0 saturated carbocycles. The fraction of sp³-hybridized carbons (Fsp3) is 0.111. The second kappa shape index (κ2) is 5.64. The van der Waals surface area contributed by atoms with Crippen molar-refractivity contribution in [1.29, 1.82) is 5.26 Å². The van der Waals surface area contributed by atoms with Gasteiger partial charge in [-0.05, 0) is 18.2 Å². The summed E-state index contributed by atoms with van der Waals surface area (Å²) >= 11 is 0. The molecule has 0 aliphatic heterocycles. The van der Waals surface area contributed by atoms with Crippen LogP contribution in [0.25, 0.3) is 10.9 Å². The van der Waals surface area contributed by atoms with Crippen molar-refractivity contribution >= 4 is 16.7 Å². The molecule has 0 atom stereocenters. The van der Waals surface area contributed by atoms with Crippen molar-refractivity contribution in [2.75, 3.05) is 0 Å². The minimum absolute atomic E-state index is 0.133. The average molecular weight is 274 g/mol. The Bertz CT molecular complexity index is 825. The van der Waals surface area contributed by atoms with Crippen LogP contribution >= 0.6 is 0 Å². The Hall–Kier alpha value is -2.86. The van der Waals surface area contributed by atoms with E-state index in [1.165, 1.54) is 0 Å². The number of carbonyl (C=O) groups is 1. The van der Waals surface area contributed by atoms with Gasteiger partial charge in [0.2, 0.25) is 0 Å². The van der Waals surface area contributed by atoms with E-state index in [9.17, 15) is 4.79 Å². The monoisotopic (exact) mass is 274 g/mol. The highest BCUT2D eigenvalue weighted by Gasteiger charge is 2.08. The molecule has 3 aromatic rings. The Kier molecular flexibility index (Phi) is 3.53. The van der Waals surface area contributed by atoms with E-state index < -0.39 is 0 Å². The van der Waals surface area contributed by atoms with E-state index in [0.717, 1.165) is 16.5 Å². The molecule has 0 fully saturated rings. The van der Waals surface area contributed by atoms with Gasteiger partial charge in [-0.25, -0.2) is 0 Å². The van der Waals surface area contributed by atoms with E-state index in [1.54, 1.807) is 0 Å². The summed E-state index contributed by atoms with van der Waals surface area (Å²) in [5.74, 6) is 0.133. The highest BCUT2D eigenvalue weighted by atomic mass is 16.1. The van der Waals surface area contributed by atoms with Gasteiger partial charge in [-0.15, -0.1) is 0 Å². The summed E-state index contributed by atoms with van der Waals surface area (Å²) in [4.78, 5) is 12.1. The van der Waals surface area contributed by atoms with Crippen LogP contribution < -0.4 is 0 Å². The fourth-order valence-corrected chi connectivity index (χ4v) is 2.51. The first-order chi connectivity index (χ1) is 10.3. The summed E-state index contributed by atoms with van der Waals surface area (Å²) < 4.78 is 2.02. The number of aryl methyl sites for hydroxylation is 1. The van der Waals surface area contributed by atoms with E-state index in [2.05, 4.69) is 6.07 Å². The molecule has 2 aromatic carbocycles. The molecule has 3 nitrogen and oxygen atoms in total. The van der Waals surface area contributed by atoms with E-state index in [1.807, 2.05) is 65.4 Å². The van der Waals surface area contributed by atoms with Crippen LogP contribution in [0.5, 0.6) is 0 Å². The number of carbonyl (C=O) groups excluding carboxylic acids is 1. The third kappa shape index (κ3) is 2.56. The Morgan fingerprint density at radius 3 is 2.62 bits per heavy atom. The highest BCUT2D eigenvalue weighted by Crippen LogP contribution is 2.20. The van der Waals surface area contributed by atoms with Gasteiger partial charge in [-0.3, -0.25) is 4.79 Å². The maximum absolute atomic E-state index is 12.1. The minimum atomic E-state index is 0.133. The van der Waals surface area contributed by atoms with Crippen LogP contribution in [0.4, 0.5) is 0 Å². The molecule has 0 radical (unpaired) electrons. The molecule has 1 heterocycles. The number of benzene rings is 2. The molecular weight excluding hydrogens is 260 g/mol. The van der Waals surface area contributed by atoms with Gasteiger partial charge in [-0.1, -0.05) is 36.4 Å². The van der Waals surface area contributed by atoms with Crippen molar-refractivity contribution in [3.05, 3.63) is 71.9 Å². The topological polar surface area (TPSA) is 45.8 Å². The first-order valence-corrected chi connectivity index (χ1v) is 6.86. The van der Waals surface area contributed by atoms with Crippen molar-refractivity contribution in [1.82, 2.24) is 4.57 Å². The molecular formula is C18H14N2O. The largest absolute Gasteiger partial charge is 0.347 e. The second-order valence-corrected chi connectivity index (χ2v) is 4.90. The van der Waals surface area contributed by atoms with Crippen molar-refractivity contribution in [2.24, 2.45) is 0 Å². The molecule has 0 aliphatic carbocycles. The molecule has 0 amide bonds. The predicted octanol–water partition coefficient (Wildman–Crippen LogP) is 3.79. The second-order valence-electron chi connectivity index (χ2n) is 4.90. The molecule has 0 aliphatic rings. The molecule has 1 aromatic heterocycles. The fourth-order valence-electron chi connectivity index (χ4n) is 2.51. The first-order valence-electron chi connectivity index (χ1n) is 6.86. The lowest BCUT2D eigenvalue weighted by Gasteiger charge is -2.05. The number of fused-ring (bicyclic) bond motifs is 1. The zero-order valence-corrected chi connectivity index (χ0v) is 11.5. The zero-order chi connectivity index (χ0) is 14.7. The number of rotatable bonds is 4. The maximum Gasteiger partial charge on any atom is 0.164 e. The summed E-state index contributed by atoms with van der Waals surface area (Å²) in [6.07, 6.45) is 2.38. The average Bonchev–Trinajstić information content (AvgIpc) is 2.96. The van der Waals surface area contributed by atoms with E-state index in [4.69, 9.17) is 5.26 Å². The molecule has 3 heteroatoms. The van der Waals surface area contributed by atoms with Crippen LogP contribution in [0.2, 0.25) is 0 Å². The van der Waals surface area contributed by atoms with Gasteiger partial charge >= 0.3 is 0 Å². The number of Topliss-reactive ketones (excluding diaryl/α,β-unsaturated/α-hetero) is 1. The van der Waals surface area contributed by atoms with Crippen LogP contribution in [0, 0.1) is 11.3 Å². The maximum atomic E-state index is 12.1. The summed E-state index contributed by atoms with van der Waals surface area (Å²) in [7, 11) is 0. The van der Waals surface area contributed by atoms with Gasteiger partial charge < -0.3 is 4.57 Å². The Balaban J connectivity index is 1.81. The molecule has 0 N–H and O–H groups in total. The van der Waals surface area contributed by atoms with Crippen LogP contribution in [0.1, 0.15) is 22.3 Å². The molecule has 102 valence electrons. The highest BCUT2D eigenvalue weighted by molar-refractivity contribution is 5.96. The van der Waals surface area contributed by atoms with Crippen LogP contribution in [0.15, 0.2) is 60.8 Å². The van der Waals surface area contributed by atoms with Gasteiger partial charge in [0.15, 0.2) is 5.78 Å². The van der Waals surface area contributed by atoms with Crippen LogP contribution in [-0.2, 0) is 6.54 Å². The number of hydrogen-bond donors (Lipinski definition) is 0. The molecule has 0 unspecified atom stereocenters. The van der Waals surface area contributed by atoms with Gasteiger partial charge in [0.1, 0.15) is 0 Å². The number of nitriles is 1. The summed E-state index contributed by atoms with van der Waals surface area (Å²) in [6, 6.07) is 19.1. The van der Waals surface area contributed by atoms with Crippen LogP contribution in [0.3, 0.4) is 0 Å². The summed E-state index contributed by atoms with van der Waals surface area (Å²) in [5.41, 5.74) is 2.40. The smallest absolute Gasteiger partial charge is 0.164 e. The SMILES string of the molecule is N#Cc1cccc2c1ccn2CCC(=O)c1ccccc1. The normalized spacial score (nSPS) is 10.4. The van der Waals surface area contributed by atoms with Crippen LogP contribution in [-0.4, -0.2) is 10.4 Å². The number of hydrogen-bond acceptors (Lipinski definition) is 2. The van der Waals surface area contributed by atoms with E-state index >= 15 is 0 Å². The minimum Gasteiger partial charge on any atom is -0.347 e. The van der Waals surface area contributed by atoms with E-state index in [0.29, 0.717) is 18.5 Å². The summed E-state index contributed by atoms with van der Waals surface area (Å²) in [5, 5.41) is 10.0. The summed E-state index contributed by atoms with van der Waals surface area (Å²) in [6.45, 7) is 0.617. The van der Waals surface area contributed by atoms with Gasteiger partial charge in [0.25, 0.3) is 0 Å². The standard InChI is InChI=1S/C18H14N2O/c19-13-15-7-4-8-17-16(15)9-11-20(17)12-10-18(21)14-5-2-1-3-6-14/h1-9,11H,10,12H2. The third-order valence-corrected chi connectivity index (χ3v) is 3.61. The molecule has 0 saturated heterocycles. The Morgan fingerprint density at radius 1 is 1.05 bits per heavy atom. The van der Waals surface area contributed by atoms with Crippen molar-refractivity contribution < 1.29 is 4.79 Å². The Labute approximate surface area is 123 Å². The number of ketones is 1. The molecule has 0 spiro atoms. The molecule has 3 rings (SSSR count). The molecule has 21 heavy (non-hydrogen) atoms.